The summed E-state index contributed by atoms with van der Waals surface area (Å²) in [5, 5.41) is 12.6. The molecule has 25 heavy (non-hydrogen) atoms. The molecule has 0 aliphatic carbocycles. The maximum atomic E-state index is 12.5. The molecule has 2 rings (SSSR count). The molecular formula is C17H20Cl2N4OS. The zero-order valence-electron chi connectivity index (χ0n) is 14.3. The fraction of sp³-hybridized carbons (Fsp3) is 0.353. The number of halogens is 2. The van der Waals surface area contributed by atoms with E-state index in [4.69, 9.17) is 23.2 Å². The van der Waals surface area contributed by atoms with Gasteiger partial charge in [-0.2, -0.15) is 0 Å². The summed E-state index contributed by atoms with van der Waals surface area (Å²) in [6, 6.07) is 5.01. The van der Waals surface area contributed by atoms with Gasteiger partial charge in [0.05, 0.1) is 11.3 Å². The molecule has 0 bridgehead atoms. The maximum absolute atomic E-state index is 12.5. The van der Waals surface area contributed by atoms with E-state index in [1.54, 1.807) is 18.2 Å². The van der Waals surface area contributed by atoms with Gasteiger partial charge >= 0.3 is 0 Å². The fourth-order valence-corrected chi connectivity index (χ4v) is 3.75. The number of carbonyl (C=O) groups is 1. The highest BCUT2D eigenvalue weighted by Gasteiger charge is 2.21. The van der Waals surface area contributed by atoms with Crippen LogP contribution in [-0.4, -0.2) is 25.9 Å². The minimum atomic E-state index is -0.333. The molecule has 5 nitrogen and oxygen atoms in total. The molecule has 0 aliphatic rings. The van der Waals surface area contributed by atoms with E-state index in [9.17, 15) is 4.79 Å². The molecule has 2 aromatic rings. The molecule has 134 valence electrons. The Morgan fingerprint density at radius 2 is 2.12 bits per heavy atom. The van der Waals surface area contributed by atoms with E-state index in [-0.39, 0.29) is 17.2 Å². The first-order valence-electron chi connectivity index (χ1n) is 7.76. The van der Waals surface area contributed by atoms with Gasteiger partial charge in [-0.25, -0.2) is 0 Å². The molecule has 0 spiro atoms. The van der Waals surface area contributed by atoms with Crippen molar-refractivity contribution in [2.75, 3.05) is 0 Å². The van der Waals surface area contributed by atoms with Gasteiger partial charge in [0.1, 0.15) is 5.82 Å². The third-order valence-corrected chi connectivity index (χ3v) is 5.30. The molecule has 0 saturated carbocycles. The van der Waals surface area contributed by atoms with Crippen LogP contribution in [0.25, 0.3) is 0 Å². The van der Waals surface area contributed by atoms with E-state index in [0.29, 0.717) is 21.7 Å². The van der Waals surface area contributed by atoms with Crippen LogP contribution in [0.3, 0.4) is 0 Å². The van der Waals surface area contributed by atoms with Crippen molar-refractivity contribution in [1.29, 1.82) is 0 Å². The number of rotatable bonds is 7. The van der Waals surface area contributed by atoms with E-state index in [0.717, 1.165) is 11.4 Å². The number of aromatic nitrogens is 3. The highest BCUT2D eigenvalue weighted by atomic mass is 35.5. The Morgan fingerprint density at radius 3 is 2.76 bits per heavy atom. The average molecular weight is 399 g/mol. The standard InChI is InChI=1S/C17H20Cl2N4OS/c1-5-8-23-12(4)21-22-17(23)25-11(3)16(24)20-10(2)14-7-6-13(18)9-15(14)19/h5-7,9-11H,1,8H2,2-4H3,(H,20,24)/t10-,11+/m1/s1. The molecule has 8 heteroatoms. The number of amides is 1. The number of nitrogens with zero attached hydrogens (tertiary/aromatic N) is 3. The molecule has 1 amide bonds. The lowest BCUT2D eigenvalue weighted by Crippen LogP contribution is -2.33. The zero-order chi connectivity index (χ0) is 18.6. The third-order valence-electron chi connectivity index (χ3n) is 3.65. The van der Waals surface area contributed by atoms with Crippen molar-refractivity contribution in [2.24, 2.45) is 0 Å². The lowest BCUT2D eigenvalue weighted by molar-refractivity contribution is -0.120. The lowest BCUT2D eigenvalue weighted by atomic mass is 10.1. The SMILES string of the molecule is C=CCn1c(C)nnc1S[C@@H](C)C(=O)N[C@H](C)c1ccc(Cl)cc1Cl. The number of carbonyl (C=O) groups excluding carboxylic acids is 1. The van der Waals surface area contributed by atoms with Gasteiger partial charge in [0, 0.05) is 16.6 Å². The molecule has 0 radical (unpaired) electrons. The van der Waals surface area contributed by atoms with Gasteiger partial charge in [-0.05, 0) is 38.5 Å². The second kappa shape index (κ2) is 8.74. The minimum Gasteiger partial charge on any atom is -0.349 e. The summed E-state index contributed by atoms with van der Waals surface area (Å²) in [7, 11) is 0. The first-order valence-corrected chi connectivity index (χ1v) is 9.39. The van der Waals surface area contributed by atoms with Crippen molar-refractivity contribution in [1.82, 2.24) is 20.1 Å². The predicted molar refractivity (Wildman–Crippen MR) is 103 cm³/mol. The second-order valence-electron chi connectivity index (χ2n) is 5.59. The number of benzene rings is 1. The van der Waals surface area contributed by atoms with Crippen LogP contribution < -0.4 is 5.32 Å². The maximum Gasteiger partial charge on any atom is 0.233 e. The Bertz CT molecular complexity index is 778. The minimum absolute atomic E-state index is 0.102. The fourth-order valence-electron chi connectivity index (χ4n) is 2.26. The highest BCUT2D eigenvalue weighted by molar-refractivity contribution is 8.00. The van der Waals surface area contributed by atoms with Crippen LogP contribution >= 0.6 is 35.0 Å². The van der Waals surface area contributed by atoms with Crippen LogP contribution in [0, 0.1) is 6.92 Å². The molecule has 0 aliphatic heterocycles. The van der Waals surface area contributed by atoms with Gasteiger partial charge < -0.3 is 9.88 Å². The van der Waals surface area contributed by atoms with Gasteiger partial charge in [-0.15, -0.1) is 16.8 Å². The second-order valence-corrected chi connectivity index (χ2v) is 7.74. The lowest BCUT2D eigenvalue weighted by Gasteiger charge is -2.18. The van der Waals surface area contributed by atoms with E-state index in [1.165, 1.54) is 11.8 Å². The number of allylic oxidation sites excluding steroid dienone is 1. The number of nitrogens with one attached hydrogen (secondary N) is 1. The van der Waals surface area contributed by atoms with E-state index < -0.39 is 0 Å². The van der Waals surface area contributed by atoms with E-state index in [2.05, 4.69) is 22.1 Å². The first kappa shape index (κ1) is 19.8. The molecule has 1 N–H and O–H groups in total. The number of hydrogen-bond donors (Lipinski definition) is 1. The Labute approximate surface area is 161 Å². The van der Waals surface area contributed by atoms with Crippen LogP contribution in [-0.2, 0) is 11.3 Å². The summed E-state index contributed by atoms with van der Waals surface area (Å²) >= 11 is 13.5. The summed E-state index contributed by atoms with van der Waals surface area (Å²) in [4.78, 5) is 12.5. The summed E-state index contributed by atoms with van der Waals surface area (Å²) in [6.07, 6.45) is 1.77. The predicted octanol–water partition coefficient (Wildman–Crippen LogP) is 4.44. The highest BCUT2D eigenvalue weighted by Crippen LogP contribution is 2.27. The third kappa shape index (κ3) is 5.00. The topological polar surface area (TPSA) is 59.8 Å². The van der Waals surface area contributed by atoms with Crippen LogP contribution in [0.1, 0.15) is 31.3 Å². The van der Waals surface area contributed by atoms with Crippen molar-refractivity contribution in [3.8, 4) is 0 Å². The van der Waals surface area contributed by atoms with Crippen LogP contribution in [0.2, 0.25) is 10.0 Å². The first-order chi connectivity index (χ1) is 11.8. The monoisotopic (exact) mass is 398 g/mol. The Morgan fingerprint density at radius 1 is 1.40 bits per heavy atom. The molecule has 0 saturated heterocycles. The van der Waals surface area contributed by atoms with Crippen LogP contribution in [0.5, 0.6) is 0 Å². The normalized spacial score (nSPS) is 13.3. The van der Waals surface area contributed by atoms with Gasteiger partial charge in [-0.3, -0.25) is 4.79 Å². The molecule has 1 aromatic carbocycles. The quantitative estimate of drug-likeness (QED) is 0.553. The van der Waals surface area contributed by atoms with E-state index in [1.807, 2.05) is 31.4 Å². The molecule has 1 aromatic heterocycles. The summed E-state index contributed by atoms with van der Waals surface area (Å²) < 4.78 is 1.92. The summed E-state index contributed by atoms with van der Waals surface area (Å²) in [5.74, 6) is 0.686. The molecule has 2 atom stereocenters. The largest absolute Gasteiger partial charge is 0.349 e. The average Bonchev–Trinajstić information content (AvgIpc) is 2.88. The Balaban J connectivity index is 2.04. The van der Waals surface area contributed by atoms with Crippen molar-refractivity contribution in [3.63, 3.8) is 0 Å². The van der Waals surface area contributed by atoms with Gasteiger partial charge in [0.2, 0.25) is 5.91 Å². The smallest absolute Gasteiger partial charge is 0.233 e. The molecule has 1 heterocycles. The molecular weight excluding hydrogens is 379 g/mol. The Kier molecular flexibility index (Phi) is 6.93. The van der Waals surface area contributed by atoms with Crippen molar-refractivity contribution in [3.05, 3.63) is 52.3 Å². The van der Waals surface area contributed by atoms with Gasteiger partial charge in [0.25, 0.3) is 0 Å². The van der Waals surface area contributed by atoms with Gasteiger partial charge in [0.15, 0.2) is 5.16 Å². The van der Waals surface area contributed by atoms with E-state index >= 15 is 0 Å². The number of thioether (sulfide) groups is 1. The zero-order valence-corrected chi connectivity index (χ0v) is 16.6. The van der Waals surface area contributed by atoms with Crippen molar-refractivity contribution >= 4 is 40.9 Å². The Hall–Kier alpha value is -1.50. The summed E-state index contributed by atoms with van der Waals surface area (Å²) in [6.45, 7) is 9.92. The molecule has 0 fully saturated rings. The summed E-state index contributed by atoms with van der Waals surface area (Å²) in [5.41, 5.74) is 0.822. The van der Waals surface area contributed by atoms with Crippen LogP contribution in [0.4, 0.5) is 0 Å². The van der Waals surface area contributed by atoms with Gasteiger partial charge in [-0.1, -0.05) is 47.1 Å². The molecule has 0 unspecified atom stereocenters. The van der Waals surface area contributed by atoms with Crippen molar-refractivity contribution < 1.29 is 4.79 Å². The van der Waals surface area contributed by atoms with Crippen LogP contribution in [0.15, 0.2) is 36.0 Å². The van der Waals surface area contributed by atoms with Crippen molar-refractivity contribution in [2.45, 2.75) is 43.8 Å². The number of hydrogen-bond acceptors (Lipinski definition) is 4. The number of aryl methyl sites for hydroxylation is 1.